The predicted octanol–water partition coefficient (Wildman–Crippen LogP) is 4.58. The molecule has 1 saturated heterocycles. The molecule has 2 saturated carbocycles. The van der Waals surface area contributed by atoms with E-state index in [0.29, 0.717) is 10.8 Å². The molecular weight excluding hydrogens is 306 g/mol. The number of nitrogens with zero attached hydrogens (tertiary/aromatic N) is 2. The maximum atomic E-state index is 4.31. The van der Waals surface area contributed by atoms with Crippen LogP contribution in [-0.2, 0) is 0 Å². The minimum absolute atomic E-state index is 0.355. The molecule has 3 heteroatoms. The van der Waals surface area contributed by atoms with Gasteiger partial charge < -0.3 is 9.88 Å². The van der Waals surface area contributed by atoms with Gasteiger partial charge in [-0.15, -0.1) is 0 Å². The molecule has 3 aliphatic carbocycles. The Kier molecular flexibility index (Phi) is 3.68. The number of nitrogens with one attached hydrogen (secondary N) is 1. The van der Waals surface area contributed by atoms with Crippen molar-refractivity contribution in [2.45, 2.75) is 58.8 Å². The van der Waals surface area contributed by atoms with Crippen molar-refractivity contribution in [2.75, 3.05) is 13.1 Å². The van der Waals surface area contributed by atoms with Crippen LogP contribution in [0, 0.1) is 34.5 Å². The Hall–Kier alpha value is -1.09. The second-order valence-electron chi connectivity index (χ2n) is 9.70. The Balaban J connectivity index is 1.46. The zero-order valence-corrected chi connectivity index (χ0v) is 15.9. The van der Waals surface area contributed by atoms with Crippen LogP contribution in [0.25, 0.3) is 5.70 Å². The quantitative estimate of drug-likeness (QED) is 0.812. The Morgan fingerprint density at radius 1 is 1.08 bits per heavy atom. The Labute approximate surface area is 152 Å². The Morgan fingerprint density at radius 2 is 2.00 bits per heavy atom. The number of fused-ring (bicyclic) bond motifs is 5. The van der Waals surface area contributed by atoms with Gasteiger partial charge >= 0.3 is 0 Å². The molecule has 0 radical (unpaired) electrons. The van der Waals surface area contributed by atoms with Gasteiger partial charge in [-0.2, -0.15) is 0 Å². The number of hydrogen-bond donors (Lipinski definition) is 1. The van der Waals surface area contributed by atoms with Crippen LogP contribution in [0.4, 0.5) is 0 Å². The summed E-state index contributed by atoms with van der Waals surface area (Å²) in [4.78, 5) is 4.31. The highest BCUT2D eigenvalue weighted by Crippen LogP contribution is 2.65. The van der Waals surface area contributed by atoms with Gasteiger partial charge in [-0.3, -0.25) is 0 Å². The first-order valence-electron chi connectivity index (χ1n) is 10.5. The maximum Gasteiger partial charge on any atom is 0.0989 e. The van der Waals surface area contributed by atoms with E-state index >= 15 is 0 Å². The second kappa shape index (κ2) is 5.70. The summed E-state index contributed by atoms with van der Waals surface area (Å²) >= 11 is 0. The van der Waals surface area contributed by atoms with Gasteiger partial charge in [0.15, 0.2) is 0 Å². The van der Waals surface area contributed by atoms with Gasteiger partial charge in [0.05, 0.1) is 6.33 Å². The van der Waals surface area contributed by atoms with Gasteiger partial charge in [0.2, 0.25) is 0 Å². The molecule has 1 aliphatic heterocycles. The van der Waals surface area contributed by atoms with Crippen LogP contribution in [-0.4, -0.2) is 22.6 Å². The average molecular weight is 340 g/mol. The van der Waals surface area contributed by atoms with Crippen molar-refractivity contribution in [1.82, 2.24) is 14.9 Å². The first kappa shape index (κ1) is 16.1. The Bertz CT molecular complexity index is 663. The van der Waals surface area contributed by atoms with Crippen LogP contribution < -0.4 is 5.32 Å². The lowest BCUT2D eigenvalue weighted by molar-refractivity contribution is -0.0798. The molecule has 6 unspecified atom stereocenters. The number of aromatic nitrogens is 2. The van der Waals surface area contributed by atoms with E-state index in [2.05, 4.69) is 41.0 Å². The van der Waals surface area contributed by atoms with Crippen LogP contribution in [0.3, 0.4) is 0 Å². The van der Waals surface area contributed by atoms with E-state index in [9.17, 15) is 0 Å². The SMILES string of the molecule is CC12CCC3C(CCC4CCNCCC43C)C1CC=C2n1ccnc1. The third-order valence-electron chi connectivity index (χ3n) is 8.90. The van der Waals surface area contributed by atoms with E-state index in [1.54, 1.807) is 0 Å². The van der Waals surface area contributed by atoms with Crippen LogP contribution >= 0.6 is 0 Å². The molecule has 5 rings (SSSR count). The normalized spacial score (nSPS) is 46.6. The molecule has 1 aromatic rings. The summed E-state index contributed by atoms with van der Waals surface area (Å²) in [6.45, 7) is 7.68. The monoisotopic (exact) mass is 339 g/mol. The van der Waals surface area contributed by atoms with Gasteiger partial charge in [-0.05, 0) is 87.1 Å². The summed E-state index contributed by atoms with van der Waals surface area (Å²) in [5.41, 5.74) is 2.46. The van der Waals surface area contributed by atoms with Gasteiger partial charge in [0.1, 0.15) is 0 Å². The largest absolute Gasteiger partial charge is 0.317 e. The summed E-state index contributed by atoms with van der Waals surface area (Å²) < 4.78 is 2.29. The molecule has 0 bridgehead atoms. The highest BCUT2D eigenvalue weighted by Gasteiger charge is 2.57. The van der Waals surface area contributed by atoms with Gasteiger partial charge in [-0.25, -0.2) is 4.98 Å². The third-order valence-corrected chi connectivity index (χ3v) is 8.90. The molecule has 1 aromatic heterocycles. The van der Waals surface area contributed by atoms with Crippen molar-refractivity contribution in [3.8, 4) is 0 Å². The molecule has 2 heterocycles. The number of hydrogen-bond acceptors (Lipinski definition) is 2. The van der Waals surface area contributed by atoms with Crippen LogP contribution in [0.1, 0.15) is 58.8 Å². The summed E-state index contributed by atoms with van der Waals surface area (Å²) in [6, 6.07) is 0. The Morgan fingerprint density at radius 3 is 2.84 bits per heavy atom. The molecule has 0 aromatic carbocycles. The van der Waals surface area contributed by atoms with Crippen molar-refractivity contribution in [2.24, 2.45) is 34.5 Å². The van der Waals surface area contributed by atoms with E-state index in [1.807, 2.05) is 12.5 Å². The minimum atomic E-state index is 0.355. The first-order chi connectivity index (χ1) is 12.1. The van der Waals surface area contributed by atoms with Gasteiger partial charge in [0.25, 0.3) is 0 Å². The number of allylic oxidation sites excluding steroid dienone is 2. The third kappa shape index (κ3) is 2.24. The first-order valence-corrected chi connectivity index (χ1v) is 10.5. The predicted molar refractivity (Wildman–Crippen MR) is 102 cm³/mol. The van der Waals surface area contributed by atoms with E-state index in [-0.39, 0.29) is 0 Å². The molecule has 3 nitrogen and oxygen atoms in total. The molecule has 136 valence electrons. The van der Waals surface area contributed by atoms with Crippen molar-refractivity contribution in [3.05, 3.63) is 24.8 Å². The lowest BCUT2D eigenvalue weighted by atomic mass is 9.46. The smallest absolute Gasteiger partial charge is 0.0989 e. The fraction of sp³-hybridized carbons (Fsp3) is 0.773. The van der Waals surface area contributed by atoms with Crippen molar-refractivity contribution < 1.29 is 0 Å². The summed E-state index contributed by atoms with van der Waals surface area (Å²) in [5.74, 6) is 3.67. The van der Waals surface area contributed by atoms with Gasteiger partial charge in [-0.1, -0.05) is 19.9 Å². The van der Waals surface area contributed by atoms with Gasteiger partial charge in [0, 0.05) is 23.5 Å². The summed E-state index contributed by atoms with van der Waals surface area (Å²) in [7, 11) is 0. The fourth-order valence-electron chi connectivity index (χ4n) is 7.50. The van der Waals surface area contributed by atoms with E-state index < -0.39 is 0 Å². The van der Waals surface area contributed by atoms with Crippen molar-refractivity contribution in [1.29, 1.82) is 0 Å². The standard InChI is InChI=1S/C22H33N3/c1-21-10-12-23-11-8-16(21)3-4-17-18-5-6-20(25-14-13-24-15-25)22(18,2)9-7-19(17)21/h6,13-19,23H,3-5,7-12H2,1-2H3. The molecule has 1 N–H and O–H groups in total. The number of imidazole rings is 1. The maximum absolute atomic E-state index is 4.31. The van der Waals surface area contributed by atoms with Crippen LogP contribution in [0.15, 0.2) is 24.8 Å². The zero-order chi connectivity index (χ0) is 17.1. The van der Waals surface area contributed by atoms with E-state index in [0.717, 1.165) is 23.7 Å². The van der Waals surface area contributed by atoms with Crippen LogP contribution in [0.2, 0.25) is 0 Å². The molecule has 4 aliphatic rings. The van der Waals surface area contributed by atoms with E-state index in [1.165, 1.54) is 63.7 Å². The molecule has 6 atom stereocenters. The summed E-state index contributed by atoms with van der Waals surface area (Å²) in [5, 5.41) is 3.68. The highest BCUT2D eigenvalue weighted by atomic mass is 15.1. The molecule has 25 heavy (non-hydrogen) atoms. The van der Waals surface area contributed by atoms with Crippen molar-refractivity contribution in [3.63, 3.8) is 0 Å². The second-order valence-corrected chi connectivity index (χ2v) is 9.70. The molecule has 0 amide bonds. The fourth-order valence-corrected chi connectivity index (χ4v) is 7.50. The number of rotatable bonds is 1. The molecule has 3 fully saturated rings. The topological polar surface area (TPSA) is 29.9 Å². The van der Waals surface area contributed by atoms with Crippen LogP contribution in [0.5, 0.6) is 0 Å². The average Bonchev–Trinajstić information content (AvgIpc) is 3.18. The zero-order valence-electron chi connectivity index (χ0n) is 15.9. The minimum Gasteiger partial charge on any atom is -0.317 e. The molecule has 0 spiro atoms. The van der Waals surface area contributed by atoms with Crippen molar-refractivity contribution >= 4 is 5.70 Å². The van der Waals surface area contributed by atoms with E-state index in [4.69, 9.17) is 0 Å². The lowest BCUT2D eigenvalue weighted by Gasteiger charge is -2.58. The highest BCUT2D eigenvalue weighted by molar-refractivity contribution is 5.56. The molecular formula is C22H33N3. The summed E-state index contributed by atoms with van der Waals surface area (Å²) in [6.07, 6.45) is 18.4. The lowest BCUT2D eigenvalue weighted by Crippen LogP contribution is -2.51.